The number of aryl methyl sites for hydroxylation is 1. The Bertz CT molecular complexity index is 905. The van der Waals surface area contributed by atoms with Gasteiger partial charge in [0.15, 0.2) is 0 Å². The monoisotopic (exact) mass is 399 g/mol. The summed E-state index contributed by atoms with van der Waals surface area (Å²) in [4.78, 5) is 12.7. The SMILES string of the molecule is Cc1onc(-c2ccccc2)c1C(=O)NCC(N)c1ccc(C(C)C)cc1.Cl. The topological polar surface area (TPSA) is 81.2 Å². The molecule has 28 heavy (non-hydrogen) atoms. The van der Waals surface area contributed by atoms with E-state index in [9.17, 15) is 4.79 Å². The lowest BCUT2D eigenvalue weighted by atomic mass is 9.99. The molecule has 6 heteroatoms. The molecule has 3 aromatic rings. The van der Waals surface area contributed by atoms with Crippen LogP contribution >= 0.6 is 12.4 Å². The molecule has 0 aliphatic heterocycles. The summed E-state index contributed by atoms with van der Waals surface area (Å²) >= 11 is 0. The van der Waals surface area contributed by atoms with Gasteiger partial charge in [0.25, 0.3) is 5.91 Å². The standard InChI is InChI=1S/C22H25N3O2.ClH/c1-14(2)16-9-11-17(12-10-16)19(23)13-24-22(26)20-15(3)27-25-21(20)18-7-5-4-6-8-18;/h4-12,14,19H,13,23H2,1-3H3,(H,24,26);1H. The summed E-state index contributed by atoms with van der Waals surface area (Å²) in [6, 6.07) is 17.4. The van der Waals surface area contributed by atoms with Crippen molar-refractivity contribution in [2.75, 3.05) is 6.54 Å². The van der Waals surface area contributed by atoms with E-state index in [0.717, 1.165) is 11.1 Å². The van der Waals surface area contributed by atoms with Gasteiger partial charge in [-0.15, -0.1) is 12.4 Å². The van der Waals surface area contributed by atoms with E-state index in [0.29, 0.717) is 29.5 Å². The van der Waals surface area contributed by atoms with Crippen molar-refractivity contribution in [3.8, 4) is 11.3 Å². The van der Waals surface area contributed by atoms with Crippen molar-refractivity contribution in [3.63, 3.8) is 0 Å². The highest BCUT2D eigenvalue weighted by molar-refractivity contribution is 6.00. The van der Waals surface area contributed by atoms with Gasteiger partial charge >= 0.3 is 0 Å². The largest absolute Gasteiger partial charge is 0.360 e. The molecule has 1 heterocycles. The van der Waals surface area contributed by atoms with E-state index < -0.39 is 0 Å². The van der Waals surface area contributed by atoms with Crippen LogP contribution in [0.4, 0.5) is 0 Å². The Hall–Kier alpha value is -2.63. The van der Waals surface area contributed by atoms with Crippen LogP contribution in [0.1, 0.15) is 53.1 Å². The maximum Gasteiger partial charge on any atom is 0.257 e. The fourth-order valence-electron chi connectivity index (χ4n) is 2.97. The first-order valence-electron chi connectivity index (χ1n) is 9.12. The van der Waals surface area contributed by atoms with Gasteiger partial charge in [0.1, 0.15) is 17.0 Å². The van der Waals surface area contributed by atoms with Gasteiger partial charge < -0.3 is 15.6 Å². The molecule has 0 saturated heterocycles. The molecular formula is C22H26ClN3O2. The van der Waals surface area contributed by atoms with E-state index in [-0.39, 0.29) is 24.4 Å². The highest BCUT2D eigenvalue weighted by Gasteiger charge is 2.22. The third kappa shape index (κ3) is 4.80. The van der Waals surface area contributed by atoms with Gasteiger partial charge in [-0.05, 0) is 24.0 Å². The van der Waals surface area contributed by atoms with Crippen molar-refractivity contribution in [2.24, 2.45) is 5.73 Å². The van der Waals surface area contributed by atoms with Crippen LogP contribution in [0.25, 0.3) is 11.3 Å². The smallest absolute Gasteiger partial charge is 0.257 e. The summed E-state index contributed by atoms with van der Waals surface area (Å²) in [6.07, 6.45) is 0. The van der Waals surface area contributed by atoms with E-state index in [1.54, 1.807) is 6.92 Å². The third-order valence-electron chi connectivity index (χ3n) is 4.65. The van der Waals surface area contributed by atoms with Crippen LogP contribution in [0.15, 0.2) is 59.1 Å². The summed E-state index contributed by atoms with van der Waals surface area (Å²) in [5.41, 5.74) is 10.3. The van der Waals surface area contributed by atoms with Crippen LogP contribution in [-0.4, -0.2) is 17.6 Å². The molecule has 0 aliphatic carbocycles. The number of nitrogens with two attached hydrogens (primary N) is 1. The van der Waals surface area contributed by atoms with Crippen LogP contribution in [0.5, 0.6) is 0 Å². The van der Waals surface area contributed by atoms with Crippen molar-refractivity contribution >= 4 is 18.3 Å². The van der Waals surface area contributed by atoms with Crippen LogP contribution in [0.2, 0.25) is 0 Å². The first kappa shape index (κ1) is 21.7. The zero-order chi connectivity index (χ0) is 19.4. The van der Waals surface area contributed by atoms with Crippen LogP contribution in [0, 0.1) is 6.92 Å². The number of carbonyl (C=O) groups is 1. The molecule has 3 N–H and O–H groups in total. The van der Waals surface area contributed by atoms with Crippen molar-refractivity contribution in [1.82, 2.24) is 10.5 Å². The Morgan fingerprint density at radius 2 is 1.68 bits per heavy atom. The van der Waals surface area contributed by atoms with Gasteiger partial charge in [0.05, 0.1) is 0 Å². The molecule has 0 fully saturated rings. The van der Waals surface area contributed by atoms with E-state index in [2.05, 4.69) is 36.5 Å². The molecule has 0 aliphatic rings. The Morgan fingerprint density at radius 1 is 1.07 bits per heavy atom. The number of aromatic nitrogens is 1. The first-order chi connectivity index (χ1) is 13.0. The molecular weight excluding hydrogens is 374 g/mol. The molecule has 0 saturated carbocycles. The number of halogens is 1. The zero-order valence-corrected chi connectivity index (χ0v) is 17.1. The quantitative estimate of drug-likeness (QED) is 0.633. The number of nitrogens with zero attached hydrogens (tertiary/aromatic N) is 1. The maximum absolute atomic E-state index is 12.7. The lowest BCUT2D eigenvalue weighted by molar-refractivity contribution is 0.0950. The molecule has 148 valence electrons. The average Bonchev–Trinajstić information content (AvgIpc) is 3.08. The molecule has 2 aromatic carbocycles. The summed E-state index contributed by atoms with van der Waals surface area (Å²) in [5, 5.41) is 6.96. The number of benzene rings is 2. The fourth-order valence-corrected chi connectivity index (χ4v) is 2.97. The molecule has 1 aromatic heterocycles. The predicted molar refractivity (Wildman–Crippen MR) is 114 cm³/mol. The van der Waals surface area contributed by atoms with Gasteiger partial charge in [0.2, 0.25) is 0 Å². The summed E-state index contributed by atoms with van der Waals surface area (Å²) < 4.78 is 5.26. The van der Waals surface area contributed by atoms with Gasteiger partial charge in [-0.2, -0.15) is 0 Å². The molecule has 5 nitrogen and oxygen atoms in total. The Kier molecular flexibility index (Phi) is 7.38. The van der Waals surface area contributed by atoms with Gasteiger partial charge in [-0.3, -0.25) is 4.79 Å². The number of rotatable bonds is 6. The van der Waals surface area contributed by atoms with E-state index >= 15 is 0 Å². The number of amides is 1. The summed E-state index contributed by atoms with van der Waals surface area (Å²) in [7, 11) is 0. The Labute approximate surface area is 171 Å². The number of nitrogens with one attached hydrogen (secondary N) is 1. The lowest BCUT2D eigenvalue weighted by Gasteiger charge is -2.14. The number of carbonyl (C=O) groups excluding carboxylic acids is 1. The van der Waals surface area contributed by atoms with Crippen molar-refractivity contribution < 1.29 is 9.32 Å². The van der Waals surface area contributed by atoms with Crippen molar-refractivity contribution in [1.29, 1.82) is 0 Å². The van der Waals surface area contributed by atoms with Crippen molar-refractivity contribution in [2.45, 2.75) is 32.7 Å². The molecule has 1 amide bonds. The van der Waals surface area contributed by atoms with Crippen LogP contribution < -0.4 is 11.1 Å². The zero-order valence-electron chi connectivity index (χ0n) is 16.3. The number of hydrogen-bond donors (Lipinski definition) is 2. The second-order valence-electron chi connectivity index (χ2n) is 6.97. The molecule has 1 unspecified atom stereocenters. The van der Waals surface area contributed by atoms with E-state index in [1.165, 1.54) is 5.56 Å². The molecule has 1 atom stereocenters. The normalized spacial score (nSPS) is 11.8. The van der Waals surface area contributed by atoms with E-state index in [4.69, 9.17) is 10.3 Å². The highest BCUT2D eigenvalue weighted by atomic mass is 35.5. The molecule has 0 radical (unpaired) electrons. The molecule has 0 bridgehead atoms. The Morgan fingerprint density at radius 3 is 2.29 bits per heavy atom. The predicted octanol–water partition coefficient (Wildman–Crippen LogP) is 4.63. The second-order valence-corrected chi connectivity index (χ2v) is 6.97. The van der Waals surface area contributed by atoms with Crippen LogP contribution in [-0.2, 0) is 0 Å². The van der Waals surface area contributed by atoms with Crippen molar-refractivity contribution in [3.05, 3.63) is 77.0 Å². The van der Waals surface area contributed by atoms with Gasteiger partial charge in [-0.1, -0.05) is 73.6 Å². The van der Waals surface area contributed by atoms with Crippen LogP contribution in [0.3, 0.4) is 0 Å². The lowest BCUT2D eigenvalue weighted by Crippen LogP contribution is -2.32. The Balaban J connectivity index is 0.00000280. The third-order valence-corrected chi connectivity index (χ3v) is 4.65. The van der Waals surface area contributed by atoms with E-state index in [1.807, 2.05) is 42.5 Å². The minimum absolute atomic E-state index is 0. The minimum Gasteiger partial charge on any atom is -0.360 e. The average molecular weight is 400 g/mol. The fraction of sp³-hybridized carbons (Fsp3) is 0.273. The van der Waals surface area contributed by atoms with Gasteiger partial charge in [-0.25, -0.2) is 0 Å². The summed E-state index contributed by atoms with van der Waals surface area (Å²) in [6.45, 7) is 6.37. The molecule has 0 spiro atoms. The highest BCUT2D eigenvalue weighted by Crippen LogP contribution is 2.25. The second kappa shape index (κ2) is 9.53. The maximum atomic E-state index is 12.7. The number of hydrogen-bond acceptors (Lipinski definition) is 4. The minimum atomic E-state index is -0.282. The van der Waals surface area contributed by atoms with Gasteiger partial charge in [0, 0.05) is 18.2 Å². The molecule has 3 rings (SSSR count). The first-order valence-corrected chi connectivity index (χ1v) is 9.12. The summed E-state index contributed by atoms with van der Waals surface area (Å²) in [5.74, 6) is 0.728.